The standard InChI is InChI=1S/C26H39N3O3/c1-5-7-8-9-14-29-25(30)23(21-10-12-22(13-11-21)32-19-20(3)4)24(26(29)31)28-17-15-27(6-2)16-18-28/h10-13,20H,5-9,14-19H2,1-4H3. The van der Waals surface area contributed by atoms with Gasteiger partial charge >= 0.3 is 0 Å². The Kier molecular flexibility index (Phi) is 8.74. The number of hydrogen-bond acceptors (Lipinski definition) is 5. The topological polar surface area (TPSA) is 53.1 Å². The van der Waals surface area contributed by atoms with Gasteiger partial charge in [0, 0.05) is 32.7 Å². The summed E-state index contributed by atoms with van der Waals surface area (Å²) in [6.07, 6.45) is 4.15. The molecule has 2 aliphatic rings. The van der Waals surface area contributed by atoms with Gasteiger partial charge in [-0.25, -0.2) is 0 Å². The molecule has 2 aliphatic heterocycles. The number of carbonyl (C=O) groups is 2. The van der Waals surface area contributed by atoms with Crippen LogP contribution in [0.15, 0.2) is 30.0 Å². The predicted octanol–water partition coefficient (Wildman–Crippen LogP) is 4.02. The number of imide groups is 1. The molecule has 0 unspecified atom stereocenters. The normalized spacial score (nSPS) is 17.8. The van der Waals surface area contributed by atoms with Crippen LogP contribution in [-0.2, 0) is 9.59 Å². The lowest BCUT2D eigenvalue weighted by Gasteiger charge is -2.36. The average molecular weight is 442 g/mol. The molecule has 0 aliphatic carbocycles. The number of unbranched alkanes of at least 4 members (excludes halogenated alkanes) is 3. The van der Waals surface area contributed by atoms with Crippen LogP contribution in [-0.4, -0.2) is 72.4 Å². The van der Waals surface area contributed by atoms with E-state index in [0.717, 1.165) is 69.7 Å². The number of carbonyl (C=O) groups excluding carboxylic acids is 2. The number of amides is 2. The SMILES string of the molecule is CCCCCCN1C(=O)C(c2ccc(OCC(C)C)cc2)=C(N2CCN(CC)CC2)C1=O. The number of piperazine rings is 1. The van der Waals surface area contributed by atoms with Gasteiger partial charge in [-0.1, -0.05) is 59.1 Å². The van der Waals surface area contributed by atoms with E-state index in [1.807, 2.05) is 24.3 Å². The number of benzene rings is 1. The van der Waals surface area contributed by atoms with Crippen molar-refractivity contribution >= 4 is 17.4 Å². The second-order valence-corrected chi connectivity index (χ2v) is 9.20. The Bertz CT molecular complexity index is 808. The Labute approximate surface area is 193 Å². The van der Waals surface area contributed by atoms with Crippen LogP contribution in [0.4, 0.5) is 0 Å². The van der Waals surface area contributed by atoms with E-state index in [-0.39, 0.29) is 11.8 Å². The maximum Gasteiger partial charge on any atom is 0.277 e. The number of rotatable bonds is 11. The molecule has 0 radical (unpaired) electrons. The Morgan fingerprint density at radius 2 is 1.59 bits per heavy atom. The molecule has 1 aromatic carbocycles. The molecule has 0 aromatic heterocycles. The van der Waals surface area contributed by atoms with Gasteiger partial charge < -0.3 is 14.5 Å². The molecule has 1 aromatic rings. The van der Waals surface area contributed by atoms with Gasteiger partial charge in [-0.05, 0) is 36.6 Å². The van der Waals surface area contributed by atoms with Crippen LogP contribution >= 0.6 is 0 Å². The van der Waals surface area contributed by atoms with Gasteiger partial charge in [-0.15, -0.1) is 0 Å². The first-order valence-corrected chi connectivity index (χ1v) is 12.3. The molecule has 0 saturated carbocycles. The molecular formula is C26H39N3O3. The van der Waals surface area contributed by atoms with Crippen molar-refractivity contribution in [2.75, 3.05) is 45.9 Å². The van der Waals surface area contributed by atoms with Crippen molar-refractivity contribution in [3.8, 4) is 5.75 Å². The zero-order chi connectivity index (χ0) is 23.1. The van der Waals surface area contributed by atoms with Crippen molar-refractivity contribution in [1.82, 2.24) is 14.7 Å². The molecule has 0 bridgehead atoms. The summed E-state index contributed by atoms with van der Waals surface area (Å²) in [4.78, 5) is 32.8. The maximum atomic E-state index is 13.4. The first-order chi connectivity index (χ1) is 15.5. The second kappa shape index (κ2) is 11.5. The molecule has 3 rings (SSSR count). The van der Waals surface area contributed by atoms with Gasteiger partial charge in [0.05, 0.1) is 12.2 Å². The van der Waals surface area contributed by atoms with Crippen LogP contribution < -0.4 is 4.74 Å². The van der Waals surface area contributed by atoms with Gasteiger partial charge in [-0.3, -0.25) is 14.5 Å². The summed E-state index contributed by atoms with van der Waals surface area (Å²) < 4.78 is 5.80. The highest BCUT2D eigenvalue weighted by Crippen LogP contribution is 2.33. The van der Waals surface area contributed by atoms with E-state index in [9.17, 15) is 9.59 Å². The molecule has 2 heterocycles. The van der Waals surface area contributed by atoms with E-state index in [2.05, 4.69) is 37.5 Å². The highest BCUT2D eigenvalue weighted by atomic mass is 16.5. The number of likely N-dealkylation sites (N-methyl/N-ethyl adjacent to an activating group) is 1. The minimum Gasteiger partial charge on any atom is -0.493 e. The molecule has 32 heavy (non-hydrogen) atoms. The lowest BCUT2D eigenvalue weighted by atomic mass is 10.0. The van der Waals surface area contributed by atoms with Gasteiger partial charge in [0.25, 0.3) is 11.8 Å². The van der Waals surface area contributed by atoms with Crippen LogP contribution in [0.3, 0.4) is 0 Å². The lowest BCUT2D eigenvalue weighted by molar-refractivity contribution is -0.137. The highest BCUT2D eigenvalue weighted by molar-refractivity contribution is 6.35. The number of nitrogens with zero attached hydrogens (tertiary/aromatic N) is 3. The summed E-state index contributed by atoms with van der Waals surface area (Å²) in [6, 6.07) is 7.64. The zero-order valence-electron chi connectivity index (χ0n) is 20.2. The van der Waals surface area contributed by atoms with E-state index < -0.39 is 0 Å². The fourth-order valence-electron chi connectivity index (χ4n) is 4.29. The molecule has 0 spiro atoms. The molecule has 2 amide bonds. The fraction of sp³-hybridized carbons (Fsp3) is 0.615. The van der Waals surface area contributed by atoms with Crippen molar-refractivity contribution in [2.45, 2.75) is 53.4 Å². The minimum absolute atomic E-state index is 0.133. The van der Waals surface area contributed by atoms with Crippen LogP contribution in [0.25, 0.3) is 5.57 Å². The molecule has 6 nitrogen and oxygen atoms in total. The van der Waals surface area contributed by atoms with E-state index in [4.69, 9.17) is 4.74 Å². The predicted molar refractivity (Wildman–Crippen MR) is 128 cm³/mol. The number of ether oxygens (including phenoxy) is 1. The summed E-state index contributed by atoms with van der Waals surface area (Å²) in [5, 5.41) is 0. The van der Waals surface area contributed by atoms with Crippen molar-refractivity contribution < 1.29 is 14.3 Å². The first kappa shape index (κ1) is 24.3. The van der Waals surface area contributed by atoms with Crippen molar-refractivity contribution in [3.05, 3.63) is 35.5 Å². The fourth-order valence-corrected chi connectivity index (χ4v) is 4.29. The lowest BCUT2D eigenvalue weighted by Crippen LogP contribution is -2.47. The molecule has 0 atom stereocenters. The van der Waals surface area contributed by atoms with Crippen LogP contribution in [0.1, 0.15) is 58.9 Å². The quantitative estimate of drug-likeness (QED) is 0.384. The summed E-state index contributed by atoms with van der Waals surface area (Å²) in [6.45, 7) is 14.1. The van der Waals surface area contributed by atoms with E-state index in [0.29, 0.717) is 30.3 Å². The number of hydrogen-bond donors (Lipinski definition) is 0. The first-order valence-electron chi connectivity index (χ1n) is 12.3. The largest absolute Gasteiger partial charge is 0.493 e. The zero-order valence-corrected chi connectivity index (χ0v) is 20.2. The van der Waals surface area contributed by atoms with E-state index in [1.54, 1.807) is 0 Å². The third-order valence-electron chi connectivity index (χ3n) is 6.24. The van der Waals surface area contributed by atoms with Gasteiger partial charge in [0.1, 0.15) is 11.4 Å². The third-order valence-corrected chi connectivity index (χ3v) is 6.24. The van der Waals surface area contributed by atoms with Crippen molar-refractivity contribution in [3.63, 3.8) is 0 Å². The smallest absolute Gasteiger partial charge is 0.277 e. The van der Waals surface area contributed by atoms with E-state index >= 15 is 0 Å². The van der Waals surface area contributed by atoms with Crippen LogP contribution in [0, 0.1) is 5.92 Å². The summed E-state index contributed by atoms with van der Waals surface area (Å²) in [7, 11) is 0. The third kappa shape index (κ3) is 5.71. The molecule has 6 heteroatoms. The maximum absolute atomic E-state index is 13.4. The molecule has 176 valence electrons. The summed E-state index contributed by atoms with van der Waals surface area (Å²) in [5.41, 5.74) is 1.92. The Balaban J connectivity index is 1.85. The molecule has 1 saturated heterocycles. The molecular weight excluding hydrogens is 402 g/mol. The summed E-state index contributed by atoms with van der Waals surface area (Å²) in [5.74, 6) is 0.942. The Morgan fingerprint density at radius 3 is 2.19 bits per heavy atom. The average Bonchev–Trinajstić information content (AvgIpc) is 3.05. The Morgan fingerprint density at radius 1 is 0.906 bits per heavy atom. The van der Waals surface area contributed by atoms with Crippen LogP contribution in [0.2, 0.25) is 0 Å². The summed E-state index contributed by atoms with van der Waals surface area (Å²) >= 11 is 0. The monoisotopic (exact) mass is 441 g/mol. The van der Waals surface area contributed by atoms with E-state index in [1.165, 1.54) is 4.90 Å². The van der Waals surface area contributed by atoms with Gasteiger partial charge in [-0.2, -0.15) is 0 Å². The minimum atomic E-state index is -0.157. The van der Waals surface area contributed by atoms with Crippen molar-refractivity contribution in [1.29, 1.82) is 0 Å². The van der Waals surface area contributed by atoms with Gasteiger partial charge in [0.15, 0.2) is 0 Å². The Hall–Kier alpha value is -2.34. The molecule has 1 fully saturated rings. The second-order valence-electron chi connectivity index (χ2n) is 9.20. The van der Waals surface area contributed by atoms with Crippen LogP contribution in [0.5, 0.6) is 5.75 Å². The molecule has 0 N–H and O–H groups in total. The van der Waals surface area contributed by atoms with Gasteiger partial charge in [0.2, 0.25) is 0 Å². The highest BCUT2D eigenvalue weighted by Gasteiger charge is 2.41. The van der Waals surface area contributed by atoms with Crippen molar-refractivity contribution in [2.24, 2.45) is 5.92 Å².